The molecule has 0 aliphatic rings. The van der Waals surface area contributed by atoms with Crippen molar-refractivity contribution in [3.05, 3.63) is 96.6 Å². The van der Waals surface area contributed by atoms with E-state index in [-0.39, 0.29) is 26.3 Å². The molecule has 12 nitrogen and oxygen atoms in total. The maximum absolute atomic E-state index is 11.7. The van der Waals surface area contributed by atoms with Gasteiger partial charge in [0, 0.05) is 24.9 Å². The molecule has 51 heavy (non-hydrogen) atoms. The van der Waals surface area contributed by atoms with Crippen molar-refractivity contribution in [2.45, 2.75) is 34.6 Å². The van der Waals surface area contributed by atoms with Crippen molar-refractivity contribution in [1.82, 2.24) is 10.6 Å². The molecule has 0 saturated carbocycles. The Balaban J connectivity index is 0.000000510. The van der Waals surface area contributed by atoms with Crippen LogP contribution in [0.2, 0.25) is 0 Å². The number of carbonyl (C=O) groups is 4. The fourth-order valence-electron chi connectivity index (χ4n) is 3.48. The van der Waals surface area contributed by atoms with Crippen LogP contribution < -0.4 is 20.1 Å². The number of ether oxygens (including phenoxy) is 6. The molecule has 0 aromatic heterocycles. The summed E-state index contributed by atoms with van der Waals surface area (Å²) in [6.07, 6.45) is 7.61. The Morgan fingerprint density at radius 2 is 1.10 bits per heavy atom. The molecule has 0 spiro atoms. The third kappa shape index (κ3) is 23.7. The molecule has 0 aliphatic heterocycles. The van der Waals surface area contributed by atoms with E-state index in [0.717, 1.165) is 30.4 Å². The van der Waals surface area contributed by atoms with Gasteiger partial charge in [0.2, 0.25) is 0 Å². The van der Waals surface area contributed by atoms with Gasteiger partial charge in [-0.3, -0.25) is 0 Å². The van der Waals surface area contributed by atoms with Crippen molar-refractivity contribution in [2.75, 3.05) is 52.7 Å². The predicted octanol–water partition coefficient (Wildman–Crippen LogP) is 6.77. The summed E-state index contributed by atoms with van der Waals surface area (Å²) in [7, 11) is 0. The van der Waals surface area contributed by atoms with Gasteiger partial charge in [0.15, 0.2) is 0 Å². The zero-order valence-corrected chi connectivity index (χ0v) is 30.3. The second-order valence-corrected chi connectivity index (χ2v) is 11.7. The molecule has 2 aromatic rings. The zero-order valence-electron chi connectivity index (χ0n) is 30.3. The summed E-state index contributed by atoms with van der Waals surface area (Å²) in [5.74, 6) is 0.865. The van der Waals surface area contributed by atoms with Crippen LogP contribution in [0.3, 0.4) is 0 Å². The summed E-state index contributed by atoms with van der Waals surface area (Å²) < 4.78 is 30.8. The summed E-state index contributed by atoms with van der Waals surface area (Å²) in [5, 5.41) is 4.98. The molecule has 0 bridgehead atoms. The Morgan fingerprint density at radius 1 is 0.686 bits per heavy atom. The highest BCUT2D eigenvalue weighted by atomic mass is 16.6. The van der Waals surface area contributed by atoms with Gasteiger partial charge in [-0.05, 0) is 54.2 Å². The standard InChI is InChI=1S/C20H27NO5.C19H25NO5/c1-15(2)14-24-12-5-6-17-7-9-18(10-8-17)26-20(23)21-11-13-25-19(22)16(3)4;1-4-18(21)24-13-11-20-19(22)25-17-9-7-16(8-10-17)6-5-12-23-14-15(2)3/h5-10,15H,3,11-14H2,1-2,4H3,(H,21,23);4-10,15H,1,11-14H2,2-3H3,(H,20,22)/b2*6-5+. The summed E-state index contributed by atoms with van der Waals surface area (Å²) in [5.41, 5.74) is 2.28. The fraction of sp³-hybridized carbons (Fsp3) is 0.385. The lowest BCUT2D eigenvalue weighted by atomic mass is 10.2. The molecule has 2 aromatic carbocycles. The van der Waals surface area contributed by atoms with Gasteiger partial charge in [-0.1, -0.05) is 89.4 Å². The average Bonchev–Trinajstić information content (AvgIpc) is 3.09. The van der Waals surface area contributed by atoms with Crippen molar-refractivity contribution in [1.29, 1.82) is 0 Å². The molecule has 278 valence electrons. The Kier molecular flexibility index (Phi) is 22.9. The van der Waals surface area contributed by atoms with Crippen LogP contribution in [-0.4, -0.2) is 76.9 Å². The lowest BCUT2D eigenvalue weighted by Crippen LogP contribution is -2.30. The van der Waals surface area contributed by atoms with Gasteiger partial charge in [-0.15, -0.1) is 0 Å². The minimum Gasteiger partial charge on any atom is -0.461 e. The molecule has 12 heteroatoms. The van der Waals surface area contributed by atoms with Gasteiger partial charge in [-0.25, -0.2) is 19.2 Å². The first kappa shape index (κ1) is 43.8. The molecule has 0 saturated heterocycles. The van der Waals surface area contributed by atoms with Crippen LogP contribution in [0.25, 0.3) is 12.2 Å². The highest BCUT2D eigenvalue weighted by molar-refractivity contribution is 5.87. The Hall–Kier alpha value is -5.20. The van der Waals surface area contributed by atoms with Crippen molar-refractivity contribution in [3.8, 4) is 11.5 Å². The minimum atomic E-state index is -0.611. The molecule has 2 amide bonds. The van der Waals surface area contributed by atoms with Gasteiger partial charge in [0.05, 0.1) is 26.3 Å². The Morgan fingerprint density at radius 3 is 1.47 bits per heavy atom. The third-order valence-electron chi connectivity index (χ3n) is 5.87. The van der Waals surface area contributed by atoms with Crippen LogP contribution in [0.1, 0.15) is 45.7 Å². The second-order valence-electron chi connectivity index (χ2n) is 11.7. The number of benzene rings is 2. The van der Waals surface area contributed by atoms with E-state index in [4.69, 9.17) is 28.4 Å². The molecule has 0 fully saturated rings. The molecule has 2 rings (SSSR count). The second kappa shape index (κ2) is 26.6. The van der Waals surface area contributed by atoms with Crippen LogP contribution in [0.15, 0.2) is 85.5 Å². The topological polar surface area (TPSA) is 148 Å². The molecular formula is C39H52N2O10. The number of hydrogen-bond acceptors (Lipinski definition) is 10. The van der Waals surface area contributed by atoms with E-state index in [2.05, 4.69) is 51.5 Å². The summed E-state index contributed by atoms with van der Waals surface area (Å²) >= 11 is 0. The third-order valence-corrected chi connectivity index (χ3v) is 5.87. The Labute approximate surface area is 301 Å². The van der Waals surface area contributed by atoms with Crippen LogP contribution in [-0.2, 0) is 28.5 Å². The van der Waals surface area contributed by atoms with Crippen LogP contribution in [0, 0.1) is 11.8 Å². The highest BCUT2D eigenvalue weighted by Crippen LogP contribution is 2.14. The smallest absolute Gasteiger partial charge is 0.412 e. The maximum atomic E-state index is 11.7. The summed E-state index contributed by atoms with van der Waals surface area (Å²) in [6.45, 7) is 19.8. The first-order valence-electron chi connectivity index (χ1n) is 16.6. The first-order chi connectivity index (χ1) is 24.4. The van der Waals surface area contributed by atoms with E-state index in [1.807, 2.05) is 48.6 Å². The van der Waals surface area contributed by atoms with E-state index in [9.17, 15) is 19.2 Å². The SMILES string of the molecule is C=C(C)C(=O)OCCNC(=O)Oc1ccc(/C=C/COCC(C)C)cc1.C=CC(=O)OCCNC(=O)Oc1ccc(/C=C/COCC(C)C)cc1. The highest BCUT2D eigenvalue weighted by Gasteiger charge is 2.07. The number of esters is 2. The molecular weight excluding hydrogens is 656 g/mol. The predicted molar refractivity (Wildman–Crippen MR) is 197 cm³/mol. The van der Waals surface area contributed by atoms with Crippen LogP contribution in [0.5, 0.6) is 11.5 Å². The number of rotatable bonds is 20. The average molecular weight is 709 g/mol. The van der Waals surface area contributed by atoms with Crippen LogP contribution >= 0.6 is 0 Å². The van der Waals surface area contributed by atoms with E-state index >= 15 is 0 Å². The van der Waals surface area contributed by atoms with Gasteiger partial charge in [0.25, 0.3) is 0 Å². The van der Waals surface area contributed by atoms with Crippen molar-refractivity contribution >= 4 is 36.3 Å². The molecule has 0 aliphatic carbocycles. The normalized spacial score (nSPS) is 10.7. The van der Waals surface area contributed by atoms with Crippen molar-refractivity contribution < 1.29 is 47.6 Å². The molecule has 0 atom stereocenters. The largest absolute Gasteiger partial charge is 0.461 e. The number of nitrogens with one attached hydrogen (secondary N) is 2. The van der Waals surface area contributed by atoms with Gasteiger partial charge >= 0.3 is 24.1 Å². The monoisotopic (exact) mass is 708 g/mol. The fourth-order valence-corrected chi connectivity index (χ4v) is 3.48. The van der Waals surface area contributed by atoms with E-state index < -0.39 is 24.1 Å². The quantitative estimate of drug-likeness (QED) is 0.0858. The first-order valence-corrected chi connectivity index (χ1v) is 16.6. The minimum absolute atomic E-state index is 0.0581. The van der Waals surface area contributed by atoms with Gasteiger partial charge in [0.1, 0.15) is 24.7 Å². The summed E-state index contributed by atoms with van der Waals surface area (Å²) in [6, 6.07) is 14.2. The Bertz CT molecular complexity index is 1410. The number of carbonyl (C=O) groups excluding carboxylic acids is 4. The molecule has 0 heterocycles. The van der Waals surface area contributed by atoms with Crippen molar-refractivity contribution in [2.24, 2.45) is 11.8 Å². The van der Waals surface area contributed by atoms with Crippen LogP contribution in [0.4, 0.5) is 9.59 Å². The van der Waals surface area contributed by atoms with E-state index in [0.29, 0.717) is 42.1 Å². The number of hydrogen-bond donors (Lipinski definition) is 2. The lowest BCUT2D eigenvalue weighted by molar-refractivity contribution is -0.139. The van der Waals surface area contributed by atoms with Crippen molar-refractivity contribution in [3.63, 3.8) is 0 Å². The molecule has 0 radical (unpaired) electrons. The van der Waals surface area contributed by atoms with Gasteiger partial charge < -0.3 is 39.1 Å². The molecule has 2 N–H and O–H groups in total. The molecule has 0 unspecified atom stereocenters. The number of amides is 2. The van der Waals surface area contributed by atoms with E-state index in [1.165, 1.54) is 0 Å². The lowest BCUT2D eigenvalue weighted by Gasteiger charge is -2.07. The van der Waals surface area contributed by atoms with E-state index in [1.54, 1.807) is 31.2 Å². The zero-order chi connectivity index (χ0) is 37.9. The summed E-state index contributed by atoms with van der Waals surface area (Å²) in [4.78, 5) is 45.2. The maximum Gasteiger partial charge on any atom is 0.412 e. The van der Waals surface area contributed by atoms with Gasteiger partial charge in [-0.2, -0.15) is 0 Å².